The van der Waals surface area contributed by atoms with Crippen LogP contribution in [-0.2, 0) is 10.0 Å². The summed E-state index contributed by atoms with van der Waals surface area (Å²) in [4.78, 5) is 5.41. The van der Waals surface area contributed by atoms with Gasteiger partial charge in [-0.3, -0.25) is 4.99 Å². The van der Waals surface area contributed by atoms with E-state index in [1.165, 1.54) is 0 Å². The average Bonchev–Trinajstić information content (AvgIpc) is 2.87. The van der Waals surface area contributed by atoms with E-state index in [2.05, 4.69) is 0 Å². The summed E-state index contributed by atoms with van der Waals surface area (Å²) in [5.74, 6) is 1.37. The molecule has 1 fully saturated rings. The highest BCUT2D eigenvalue weighted by Gasteiger charge is 2.37. The predicted octanol–water partition coefficient (Wildman–Crippen LogP) is 4.36. The first-order valence-electron chi connectivity index (χ1n) is 12.5. The molecule has 0 radical (unpaired) electrons. The summed E-state index contributed by atoms with van der Waals surface area (Å²) in [6, 6.07) is 11.1. The molecule has 0 aromatic heterocycles. The van der Waals surface area contributed by atoms with Crippen molar-refractivity contribution >= 4 is 15.7 Å². The summed E-state index contributed by atoms with van der Waals surface area (Å²) in [6.07, 6.45) is 3.39. The first kappa shape index (κ1) is 25.7. The molecule has 2 aliphatic rings. The molecule has 2 aromatic carbocycles. The lowest BCUT2D eigenvalue weighted by molar-refractivity contribution is 0.111. The molecule has 3 unspecified atom stereocenters. The molecule has 190 valence electrons. The Labute approximate surface area is 208 Å². The first-order valence-corrected chi connectivity index (χ1v) is 13.9. The Hall–Kier alpha value is -2.42. The summed E-state index contributed by atoms with van der Waals surface area (Å²) >= 11 is 0. The number of hydrogen-bond acceptors (Lipinski definition) is 6. The van der Waals surface area contributed by atoms with Crippen molar-refractivity contribution in [3.63, 3.8) is 0 Å². The molecule has 0 spiro atoms. The predicted molar refractivity (Wildman–Crippen MR) is 137 cm³/mol. The highest BCUT2D eigenvalue weighted by atomic mass is 32.2. The van der Waals surface area contributed by atoms with Crippen LogP contribution < -0.4 is 9.47 Å². The molecule has 4 rings (SSSR count). The van der Waals surface area contributed by atoms with Crippen molar-refractivity contribution < 1.29 is 23.0 Å². The molecule has 35 heavy (non-hydrogen) atoms. The van der Waals surface area contributed by atoms with Gasteiger partial charge in [0, 0.05) is 30.1 Å². The maximum absolute atomic E-state index is 13.2. The van der Waals surface area contributed by atoms with Crippen LogP contribution in [0.1, 0.15) is 68.6 Å². The number of fused-ring (bicyclic) bond motifs is 3. The number of ether oxygens (including phenoxy) is 2. The van der Waals surface area contributed by atoms with Gasteiger partial charge in [0.1, 0.15) is 0 Å². The molecule has 0 bridgehead atoms. The fourth-order valence-electron chi connectivity index (χ4n) is 5.28. The second-order valence-corrected chi connectivity index (χ2v) is 11.3. The third kappa shape index (κ3) is 4.97. The summed E-state index contributed by atoms with van der Waals surface area (Å²) in [5.41, 5.74) is 3.71. The van der Waals surface area contributed by atoms with Crippen LogP contribution in [-0.4, -0.2) is 63.0 Å². The van der Waals surface area contributed by atoms with E-state index in [1.54, 1.807) is 30.7 Å². The fourth-order valence-corrected chi connectivity index (χ4v) is 6.90. The Morgan fingerprint density at radius 1 is 1.00 bits per heavy atom. The van der Waals surface area contributed by atoms with Crippen LogP contribution >= 0.6 is 0 Å². The number of benzene rings is 2. The third-order valence-electron chi connectivity index (χ3n) is 7.00. The number of aliphatic hydroxyl groups is 1. The highest BCUT2D eigenvalue weighted by molar-refractivity contribution is 7.89. The maximum atomic E-state index is 13.2. The number of hydrogen-bond donors (Lipinski definition) is 1. The summed E-state index contributed by atoms with van der Waals surface area (Å²) in [7, 11) is -0.323. The molecule has 1 aliphatic heterocycles. The van der Waals surface area contributed by atoms with Crippen molar-refractivity contribution in [1.29, 1.82) is 0 Å². The van der Waals surface area contributed by atoms with Gasteiger partial charge in [-0.25, -0.2) is 8.42 Å². The minimum Gasteiger partial charge on any atom is -0.493 e. The SMILES string of the molecule is CCCN(CCC)S(=O)(=O)c1ccc(C2=NC3CCC(O)CC3c3cc(OC)c(OC)cc32)cc1. The minimum atomic E-state index is -3.55. The zero-order valence-corrected chi connectivity index (χ0v) is 21.8. The number of aliphatic imine (C=N–C) groups is 1. The van der Waals surface area contributed by atoms with Crippen LogP contribution in [0.2, 0.25) is 0 Å². The molecule has 0 saturated heterocycles. The molecule has 7 nitrogen and oxygen atoms in total. The second-order valence-electron chi connectivity index (χ2n) is 9.34. The van der Waals surface area contributed by atoms with E-state index in [0.29, 0.717) is 35.9 Å². The van der Waals surface area contributed by atoms with E-state index in [9.17, 15) is 13.5 Å². The smallest absolute Gasteiger partial charge is 0.243 e. The molecule has 1 heterocycles. The van der Waals surface area contributed by atoms with Crippen molar-refractivity contribution in [3.8, 4) is 11.5 Å². The van der Waals surface area contributed by atoms with Crippen LogP contribution in [0.15, 0.2) is 46.3 Å². The second kappa shape index (κ2) is 10.7. The monoisotopic (exact) mass is 500 g/mol. The number of methoxy groups -OCH3 is 2. The van der Waals surface area contributed by atoms with E-state index >= 15 is 0 Å². The number of sulfonamides is 1. The van der Waals surface area contributed by atoms with Gasteiger partial charge in [-0.1, -0.05) is 26.0 Å². The third-order valence-corrected chi connectivity index (χ3v) is 8.92. The molecule has 1 N–H and O–H groups in total. The van der Waals surface area contributed by atoms with E-state index < -0.39 is 10.0 Å². The maximum Gasteiger partial charge on any atom is 0.243 e. The Morgan fingerprint density at radius 3 is 2.23 bits per heavy atom. The van der Waals surface area contributed by atoms with Crippen LogP contribution in [0.5, 0.6) is 11.5 Å². The molecule has 1 aliphatic carbocycles. The summed E-state index contributed by atoms with van der Waals surface area (Å²) < 4.78 is 39.1. The number of aliphatic hydroxyl groups excluding tert-OH is 1. The molecular weight excluding hydrogens is 464 g/mol. The number of nitrogens with zero attached hydrogens (tertiary/aromatic N) is 2. The van der Waals surface area contributed by atoms with Crippen LogP contribution in [0.4, 0.5) is 0 Å². The van der Waals surface area contributed by atoms with Gasteiger partial charge < -0.3 is 14.6 Å². The Bertz CT molecular complexity index is 1170. The summed E-state index contributed by atoms with van der Waals surface area (Å²) in [5, 5.41) is 10.3. The van der Waals surface area contributed by atoms with E-state index in [4.69, 9.17) is 14.5 Å². The van der Waals surface area contributed by atoms with Crippen molar-refractivity contribution in [1.82, 2.24) is 4.31 Å². The van der Waals surface area contributed by atoms with Gasteiger partial charge in [-0.15, -0.1) is 0 Å². The zero-order chi connectivity index (χ0) is 25.2. The quantitative estimate of drug-likeness (QED) is 0.553. The highest BCUT2D eigenvalue weighted by Crippen LogP contribution is 2.45. The lowest BCUT2D eigenvalue weighted by atomic mass is 9.74. The first-order chi connectivity index (χ1) is 16.8. The Morgan fingerprint density at radius 2 is 1.63 bits per heavy atom. The molecule has 3 atom stereocenters. The van der Waals surface area contributed by atoms with Gasteiger partial charge in [0.15, 0.2) is 11.5 Å². The number of rotatable bonds is 9. The largest absolute Gasteiger partial charge is 0.493 e. The van der Waals surface area contributed by atoms with Crippen molar-refractivity contribution in [3.05, 3.63) is 53.1 Å². The van der Waals surface area contributed by atoms with Crippen molar-refractivity contribution in [2.45, 2.75) is 68.9 Å². The van der Waals surface area contributed by atoms with Gasteiger partial charge >= 0.3 is 0 Å². The topological polar surface area (TPSA) is 88.4 Å². The van der Waals surface area contributed by atoms with E-state index in [0.717, 1.165) is 48.1 Å². The molecule has 8 heteroatoms. The molecule has 0 amide bonds. The van der Waals surface area contributed by atoms with Crippen LogP contribution in [0, 0.1) is 0 Å². The lowest BCUT2D eigenvalue weighted by Crippen LogP contribution is -2.34. The van der Waals surface area contributed by atoms with Gasteiger partial charge in [-0.2, -0.15) is 4.31 Å². The fraction of sp³-hybridized carbons (Fsp3) is 0.519. The van der Waals surface area contributed by atoms with Gasteiger partial charge in [0.2, 0.25) is 10.0 Å². The van der Waals surface area contributed by atoms with E-state index in [1.807, 2.05) is 38.1 Å². The summed E-state index contributed by atoms with van der Waals surface area (Å²) in [6.45, 7) is 4.99. The lowest BCUT2D eigenvalue weighted by Gasteiger charge is -2.37. The average molecular weight is 501 g/mol. The minimum absolute atomic E-state index is 0.0620. The standard InChI is InChI=1S/C27H36N2O5S/c1-5-13-29(14-6-2)35(31,32)20-10-7-18(8-11-20)27-23-17-26(34-4)25(33-3)16-21(23)22-15-19(30)9-12-24(22)28-27/h7-8,10-11,16-17,19,22,24,30H,5-6,9,12-15H2,1-4H3. The van der Waals surface area contributed by atoms with Crippen molar-refractivity contribution in [2.75, 3.05) is 27.3 Å². The van der Waals surface area contributed by atoms with Gasteiger partial charge in [0.25, 0.3) is 0 Å². The van der Waals surface area contributed by atoms with Gasteiger partial charge in [-0.05, 0) is 61.9 Å². The van der Waals surface area contributed by atoms with Crippen molar-refractivity contribution in [2.24, 2.45) is 4.99 Å². The Kier molecular flexibility index (Phi) is 7.83. The molecule has 2 aromatic rings. The Balaban J connectivity index is 1.76. The molecular formula is C27H36N2O5S. The van der Waals surface area contributed by atoms with Gasteiger partial charge in [0.05, 0.1) is 37.0 Å². The zero-order valence-electron chi connectivity index (χ0n) is 21.0. The molecule has 1 saturated carbocycles. The van der Waals surface area contributed by atoms with Crippen LogP contribution in [0.3, 0.4) is 0 Å². The van der Waals surface area contributed by atoms with E-state index in [-0.39, 0.29) is 18.1 Å². The normalized spacial score (nSPS) is 21.8. The van der Waals surface area contributed by atoms with Crippen LogP contribution in [0.25, 0.3) is 0 Å².